The number of nitrogens with one attached hydrogen (secondary N) is 3. The van der Waals surface area contributed by atoms with E-state index in [0.717, 1.165) is 5.56 Å². The van der Waals surface area contributed by atoms with Gasteiger partial charge in [-0.05, 0) is 24.5 Å². The number of carbonyl (C=O) groups is 1. The monoisotopic (exact) mass is 343 g/mol. The molecule has 0 aromatic heterocycles. The first-order valence-electron chi connectivity index (χ1n) is 7.21. The van der Waals surface area contributed by atoms with Gasteiger partial charge >= 0.3 is 0 Å². The van der Waals surface area contributed by atoms with Crippen LogP contribution in [0.5, 0.6) is 0 Å². The third-order valence-electron chi connectivity index (χ3n) is 4.08. The summed E-state index contributed by atoms with van der Waals surface area (Å²) in [5, 5.41) is 3.47. The highest BCUT2D eigenvalue weighted by atomic mass is 35.5. The summed E-state index contributed by atoms with van der Waals surface area (Å²) in [5.41, 5.74) is 6.97. The lowest BCUT2D eigenvalue weighted by Gasteiger charge is -2.15. The summed E-state index contributed by atoms with van der Waals surface area (Å²) in [6.07, 6.45) is 1.05. The van der Waals surface area contributed by atoms with Crippen LogP contribution in [0.4, 0.5) is 0 Å². The van der Waals surface area contributed by atoms with Gasteiger partial charge in [-0.2, -0.15) is 0 Å². The van der Waals surface area contributed by atoms with Crippen molar-refractivity contribution in [2.75, 3.05) is 11.5 Å². The van der Waals surface area contributed by atoms with Crippen molar-refractivity contribution in [2.24, 2.45) is 0 Å². The van der Waals surface area contributed by atoms with Gasteiger partial charge in [-0.3, -0.25) is 4.79 Å². The Morgan fingerprint density at radius 1 is 1.27 bits per heavy atom. The molecule has 0 bridgehead atoms. The van der Waals surface area contributed by atoms with Gasteiger partial charge in [0.15, 0.2) is 9.84 Å². The highest BCUT2D eigenvalue weighted by Gasteiger charge is 2.34. The molecule has 3 rings (SSSR count). The second-order valence-electron chi connectivity index (χ2n) is 5.76. The Kier molecular flexibility index (Phi) is 4.40. The van der Waals surface area contributed by atoms with E-state index in [1.54, 1.807) is 0 Å². The number of hydrogen-bond donors (Lipinski definition) is 3. The Morgan fingerprint density at radius 2 is 2.05 bits per heavy atom. The molecule has 120 valence electrons. The molecule has 1 aromatic rings. The van der Waals surface area contributed by atoms with Crippen molar-refractivity contribution >= 4 is 27.3 Å². The number of hydrogen-bond acceptors (Lipinski definition) is 5. The fourth-order valence-corrected chi connectivity index (χ4v) is 4.84. The van der Waals surface area contributed by atoms with E-state index >= 15 is 0 Å². The molecule has 0 radical (unpaired) electrons. The molecule has 0 spiro atoms. The lowest BCUT2D eigenvalue weighted by molar-refractivity contribution is -0.123. The minimum atomic E-state index is -2.99. The Balaban J connectivity index is 1.59. The van der Waals surface area contributed by atoms with Crippen molar-refractivity contribution in [1.82, 2.24) is 16.2 Å². The summed E-state index contributed by atoms with van der Waals surface area (Å²) >= 11 is 6.17. The maximum Gasteiger partial charge on any atom is 0.238 e. The topological polar surface area (TPSA) is 87.3 Å². The predicted octanol–water partition coefficient (Wildman–Crippen LogP) is 0.551. The standard InChI is InChI=1S/C14H18ClN3O3S/c15-11-4-2-1-3-10(11)12-7-13(18-17-12)14(19)16-9-5-6-22(20,21)8-9/h1-4,9,12-13,17-18H,5-8H2,(H,16,19). The van der Waals surface area contributed by atoms with Crippen LogP contribution < -0.4 is 16.2 Å². The average Bonchev–Trinajstić information content (AvgIpc) is 3.06. The average molecular weight is 344 g/mol. The van der Waals surface area contributed by atoms with E-state index in [9.17, 15) is 13.2 Å². The van der Waals surface area contributed by atoms with E-state index in [-0.39, 0.29) is 29.5 Å². The molecule has 2 aliphatic rings. The van der Waals surface area contributed by atoms with E-state index < -0.39 is 15.9 Å². The Hall–Kier alpha value is -1.15. The Bertz CT molecular complexity index is 680. The van der Waals surface area contributed by atoms with Gasteiger partial charge in [-0.15, -0.1) is 0 Å². The molecule has 0 aliphatic carbocycles. The SMILES string of the molecule is O=C(NC1CCS(=O)(=O)C1)C1CC(c2ccccc2Cl)NN1. The minimum absolute atomic E-state index is 0.0346. The number of sulfone groups is 1. The van der Waals surface area contributed by atoms with Crippen LogP contribution in [0.3, 0.4) is 0 Å². The van der Waals surface area contributed by atoms with Crippen LogP contribution in [0.2, 0.25) is 5.02 Å². The maximum absolute atomic E-state index is 12.2. The Labute approximate surface area is 134 Å². The molecule has 3 unspecified atom stereocenters. The number of halogens is 1. The van der Waals surface area contributed by atoms with E-state index in [4.69, 9.17) is 11.6 Å². The quantitative estimate of drug-likeness (QED) is 0.746. The summed E-state index contributed by atoms with van der Waals surface area (Å²) in [5.74, 6) is 0.00719. The predicted molar refractivity (Wildman–Crippen MR) is 84.1 cm³/mol. The zero-order valence-corrected chi connectivity index (χ0v) is 13.5. The summed E-state index contributed by atoms with van der Waals surface area (Å²) in [7, 11) is -2.99. The number of hydrazine groups is 1. The summed E-state index contributed by atoms with van der Waals surface area (Å²) < 4.78 is 22.8. The normalized spacial score (nSPS) is 30.3. The number of carbonyl (C=O) groups excluding carboxylic acids is 1. The zero-order chi connectivity index (χ0) is 15.7. The van der Waals surface area contributed by atoms with Crippen LogP contribution in [0.1, 0.15) is 24.4 Å². The van der Waals surface area contributed by atoms with Crippen LogP contribution in [0.15, 0.2) is 24.3 Å². The molecule has 2 fully saturated rings. The maximum atomic E-state index is 12.2. The van der Waals surface area contributed by atoms with Gasteiger partial charge in [0.05, 0.1) is 11.5 Å². The molecule has 1 aromatic carbocycles. The van der Waals surface area contributed by atoms with Crippen LogP contribution in [0.25, 0.3) is 0 Å². The van der Waals surface area contributed by atoms with Crippen molar-refractivity contribution in [3.63, 3.8) is 0 Å². The number of amides is 1. The molecule has 22 heavy (non-hydrogen) atoms. The van der Waals surface area contributed by atoms with Crippen molar-refractivity contribution in [3.8, 4) is 0 Å². The highest BCUT2D eigenvalue weighted by molar-refractivity contribution is 7.91. The second kappa shape index (κ2) is 6.16. The fraction of sp³-hybridized carbons (Fsp3) is 0.500. The second-order valence-corrected chi connectivity index (χ2v) is 8.40. The van der Waals surface area contributed by atoms with E-state index in [1.165, 1.54) is 0 Å². The molecule has 2 saturated heterocycles. The molecule has 6 nitrogen and oxygen atoms in total. The highest BCUT2D eigenvalue weighted by Crippen LogP contribution is 2.28. The molecule has 2 heterocycles. The van der Waals surface area contributed by atoms with Crippen LogP contribution in [-0.2, 0) is 14.6 Å². The fourth-order valence-electron chi connectivity index (χ4n) is 2.90. The van der Waals surface area contributed by atoms with E-state index in [0.29, 0.717) is 17.9 Å². The van der Waals surface area contributed by atoms with Crippen molar-refractivity contribution in [3.05, 3.63) is 34.9 Å². The van der Waals surface area contributed by atoms with Crippen LogP contribution >= 0.6 is 11.6 Å². The lowest BCUT2D eigenvalue weighted by atomic mass is 10.0. The number of benzene rings is 1. The van der Waals surface area contributed by atoms with Gasteiger partial charge in [0, 0.05) is 17.1 Å². The molecule has 1 amide bonds. The summed E-state index contributed by atoms with van der Waals surface area (Å²) in [4.78, 5) is 12.2. The summed E-state index contributed by atoms with van der Waals surface area (Å²) in [6, 6.07) is 6.78. The van der Waals surface area contributed by atoms with Crippen molar-refractivity contribution in [1.29, 1.82) is 0 Å². The van der Waals surface area contributed by atoms with Crippen LogP contribution in [-0.4, -0.2) is 37.9 Å². The smallest absolute Gasteiger partial charge is 0.238 e. The first-order valence-corrected chi connectivity index (χ1v) is 9.41. The van der Waals surface area contributed by atoms with Crippen LogP contribution in [0, 0.1) is 0 Å². The first kappa shape index (κ1) is 15.7. The van der Waals surface area contributed by atoms with Crippen molar-refractivity contribution in [2.45, 2.75) is 31.0 Å². The minimum Gasteiger partial charge on any atom is -0.351 e. The largest absolute Gasteiger partial charge is 0.351 e. The van der Waals surface area contributed by atoms with E-state index in [2.05, 4.69) is 16.2 Å². The van der Waals surface area contributed by atoms with Gasteiger partial charge < -0.3 is 5.32 Å². The molecule has 2 aliphatic heterocycles. The van der Waals surface area contributed by atoms with Gasteiger partial charge in [0.25, 0.3) is 0 Å². The third-order valence-corrected chi connectivity index (χ3v) is 6.19. The molecule has 3 atom stereocenters. The van der Waals surface area contributed by atoms with Gasteiger partial charge in [0.1, 0.15) is 6.04 Å². The van der Waals surface area contributed by atoms with Gasteiger partial charge in [-0.25, -0.2) is 19.3 Å². The van der Waals surface area contributed by atoms with Gasteiger partial charge in [0.2, 0.25) is 5.91 Å². The molecular formula is C14H18ClN3O3S. The van der Waals surface area contributed by atoms with E-state index in [1.807, 2.05) is 24.3 Å². The summed E-state index contributed by atoms with van der Waals surface area (Å²) in [6.45, 7) is 0. The molecular weight excluding hydrogens is 326 g/mol. The zero-order valence-electron chi connectivity index (χ0n) is 11.9. The molecule has 0 saturated carbocycles. The molecule has 8 heteroatoms. The Morgan fingerprint density at radius 3 is 2.73 bits per heavy atom. The first-order chi connectivity index (χ1) is 10.4. The molecule has 3 N–H and O–H groups in total. The van der Waals surface area contributed by atoms with Gasteiger partial charge in [-0.1, -0.05) is 29.8 Å². The third kappa shape index (κ3) is 3.43. The number of rotatable bonds is 3. The lowest BCUT2D eigenvalue weighted by Crippen LogP contribution is -2.47. The van der Waals surface area contributed by atoms with Crippen molar-refractivity contribution < 1.29 is 13.2 Å².